The number of ether oxygens (including phenoxy) is 2. The Morgan fingerprint density at radius 1 is 1.26 bits per heavy atom. The summed E-state index contributed by atoms with van der Waals surface area (Å²) in [5.74, 6) is 2.19. The van der Waals surface area contributed by atoms with Crippen LogP contribution < -0.4 is 14.3 Å². The van der Waals surface area contributed by atoms with Crippen molar-refractivity contribution in [2.24, 2.45) is 4.99 Å². The van der Waals surface area contributed by atoms with E-state index in [0.29, 0.717) is 11.5 Å². The van der Waals surface area contributed by atoms with E-state index < -0.39 is 0 Å². The summed E-state index contributed by atoms with van der Waals surface area (Å²) in [7, 11) is 0. The van der Waals surface area contributed by atoms with Gasteiger partial charge in [-0.15, -0.1) is 0 Å². The number of nitrogens with zero attached hydrogens (tertiary/aromatic N) is 2. The van der Waals surface area contributed by atoms with Crippen molar-refractivity contribution in [2.45, 2.75) is 13.0 Å². The summed E-state index contributed by atoms with van der Waals surface area (Å²) in [6.45, 7) is 1.04. The Labute approximate surface area is 173 Å². The standard InChI is InChI=1S/C19H17BrN2O3S2/c1-26-7-6-22-14-4-3-13(20)10-17(14)27-19(22)21-18(23)9-12-2-5-15-16(8-12)25-11-24-15/h2-5,8,10H,6-7,9,11H2,1H3. The molecular formula is C19H17BrN2O3S2. The molecule has 0 atom stereocenters. The van der Waals surface area contributed by atoms with E-state index in [1.807, 2.05) is 24.3 Å². The van der Waals surface area contributed by atoms with Crippen LogP contribution in [0.2, 0.25) is 0 Å². The zero-order chi connectivity index (χ0) is 18.8. The number of amides is 1. The fraction of sp³-hybridized carbons (Fsp3) is 0.263. The third-order valence-corrected chi connectivity index (χ3v) is 6.30. The fourth-order valence-corrected chi connectivity index (χ4v) is 4.89. The van der Waals surface area contributed by atoms with Crippen molar-refractivity contribution in [3.05, 3.63) is 51.2 Å². The van der Waals surface area contributed by atoms with Crippen LogP contribution in [-0.4, -0.2) is 29.3 Å². The molecule has 2 aromatic carbocycles. The number of carbonyl (C=O) groups excluding carboxylic acids is 1. The minimum atomic E-state index is -0.169. The largest absolute Gasteiger partial charge is 0.454 e. The number of thiazole rings is 1. The maximum atomic E-state index is 12.6. The van der Waals surface area contributed by atoms with Crippen LogP contribution in [0.4, 0.5) is 0 Å². The number of hydrogen-bond acceptors (Lipinski definition) is 5. The first kappa shape index (κ1) is 18.6. The van der Waals surface area contributed by atoms with E-state index in [4.69, 9.17) is 9.47 Å². The van der Waals surface area contributed by atoms with Gasteiger partial charge >= 0.3 is 0 Å². The van der Waals surface area contributed by atoms with E-state index in [1.54, 1.807) is 11.8 Å². The summed E-state index contributed by atoms with van der Waals surface area (Å²) < 4.78 is 14.9. The minimum absolute atomic E-state index is 0.169. The highest BCUT2D eigenvalue weighted by Gasteiger charge is 2.15. The molecular weight excluding hydrogens is 448 g/mol. The summed E-state index contributed by atoms with van der Waals surface area (Å²) in [5, 5.41) is 0. The van der Waals surface area contributed by atoms with Gasteiger partial charge < -0.3 is 14.0 Å². The quantitative estimate of drug-likeness (QED) is 0.566. The van der Waals surface area contributed by atoms with Crippen molar-refractivity contribution in [2.75, 3.05) is 18.8 Å². The molecule has 1 amide bonds. The highest BCUT2D eigenvalue weighted by atomic mass is 79.9. The number of halogens is 1. The third kappa shape index (κ3) is 4.07. The average Bonchev–Trinajstić information content (AvgIpc) is 3.23. The molecule has 0 radical (unpaired) electrons. The molecule has 5 nitrogen and oxygen atoms in total. The Kier molecular flexibility index (Phi) is 5.56. The van der Waals surface area contributed by atoms with Gasteiger partial charge in [0.2, 0.25) is 6.79 Å². The van der Waals surface area contributed by atoms with Gasteiger partial charge in [0.1, 0.15) is 0 Å². The second-order valence-electron chi connectivity index (χ2n) is 6.01. The lowest BCUT2D eigenvalue weighted by Crippen LogP contribution is -2.18. The second-order valence-corrected chi connectivity index (χ2v) is 8.92. The molecule has 0 N–H and O–H groups in total. The molecule has 2 heterocycles. The van der Waals surface area contributed by atoms with Crippen LogP contribution in [0.15, 0.2) is 45.9 Å². The van der Waals surface area contributed by atoms with Gasteiger partial charge in [0.05, 0.1) is 16.6 Å². The summed E-state index contributed by atoms with van der Waals surface area (Å²) >= 11 is 6.83. The maximum Gasteiger partial charge on any atom is 0.252 e. The number of carbonyl (C=O) groups is 1. The average molecular weight is 465 g/mol. The molecule has 1 aliphatic rings. The SMILES string of the molecule is CSCCn1c(=NC(=O)Cc2ccc3c(c2)OCO3)sc2cc(Br)ccc21. The highest BCUT2D eigenvalue weighted by molar-refractivity contribution is 9.10. The second kappa shape index (κ2) is 8.08. The van der Waals surface area contributed by atoms with Gasteiger partial charge in [0, 0.05) is 16.8 Å². The Balaban J connectivity index is 1.65. The van der Waals surface area contributed by atoms with E-state index in [-0.39, 0.29) is 19.1 Å². The van der Waals surface area contributed by atoms with E-state index in [2.05, 4.69) is 43.9 Å². The summed E-state index contributed by atoms with van der Waals surface area (Å²) in [6, 6.07) is 11.7. The van der Waals surface area contributed by atoms with Crippen LogP contribution in [0.25, 0.3) is 10.2 Å². The summed E-state index contributed by atoms with van der Waals surface area (Å²) in [4.78, 5) is 17.7. The zero-order valence-electron chi connectivity index (χ0n) is 14.6. The number of thioether (sulfide) groups is 1. The topological polar surface area (TPSA) is 52.8 Å². The van der Waals surface area contributed by atoms with Crippen molar-refractivity contribution in [3.8, 4) is 11.5 Å². The molecule has 4 rings (SSSR count). The van der Waals surface area contributed by atoms with E-state index in [1.165, 1.54) is 11.3 Å². The molecule has 0 saturated carbocycles. The number of benzene rings is 2. The lowest BCUT2D eigenvalue weighted by Gasteiger charge is -2.04. The lowest BCUT2D eigenvalue weighted by molar-refractivity contribution is -0.117. The van der Waals surface area contributed by atoms with Gasteiger partial charge in [-0.25, -0.2) is 0 Å². The molecule has 0 saturated heterocycles. The van der Waals surface area contributed by atoms with Crippen LogP contribution >= 0.6 is 39.0 Å². The van der Waals surface area contributed by atoms with E-state index >= 15 is 0 Å². The zero-order valence-corrected chi connectivity index (χ0v) is 17.8. The number of aryl methyl sites for hydroxylation is 1. The fourth-order valence-electron chi connectivity index (χ4n) is 2.90. The molecule has 8 heteroatoms. The number of aromatic nitrogens is 1. The Bertz CT molecular complexity index is 1070. The van der Waals surface area contributed by atoms with Crippen molar-refractivity contribution in [1.29, 1.82) is 0 Å². The van der Waals surface area contributed by atoms with Gasteiger partial charge in [0.25, 0.3) is 5.91 Å². The maximum absolute atomic E-state index is 12.6. The normalized spacial score (nSPS) is 13.5. The molecule has 0 bridgehead atoms. The minimum Gasteiger partial charge on any atom is -0.454 e. The van der Waals surface area contributed by atoms with Gasteiger partial charge in [-0.1, -0.05) is 33.3 Å². The van der Waals surface area contributed by atoms with E-state index in [9.17, 15) is 4.79 Å². The Hall–Kier alpha value is -1.77. The predicted molar refractivity (Wildman–Crippen MR) is 113 cm³/mol. The Morgan fingerprint density at radius 2 is 2.11 bits per heavy atom. The molecule has 1 aliphatic heterocycles. The molecule has 1 aromatic heterocycles. The molecule has 0 aliphatic carbocycles. The van der Waals surface area contributed by atoms with Crippen molar-refractivity contribution >= 4 is 55.2 Å². The molecule has 0 fully saturated rings. The van der Waals surface area contributed by atoms with E-state index in [0.717, 1.165) is 37.4 Å². The number of hydrogen-bond donors (Lipinski definition) is 0. The van der Waals surface area contributed by atoms with Crippen molar-refractivity contribution in [3.63, 3.8) is 0 Å². The van der Waals surface area contributed by atoms with Crippen LogP contribution in [0.1, 0.15) is 5.56 Å². The first-order valence-corrected chi connectivity index (χ1v) is 11.4. The molecule has 140 valence electrons. The predicted octanol–water partition coefficient (Wildman–Crippen LogP) is 4.23. The van der Waals surface area contributed by atoms with Crippen molar-refractivity contribution in [1.82, 2.24) is 4.57 Å². The van der Waals surface area contributed by atoms with Gasteiger partial charge in [-0.3, -0.25) is 4.79 Å². The smallest absolute Gasteiger partial charge is 0.252 e. The van der Waals surface area contributed by atoms with Gasteiger partial charge in [-0.05, 0) is 42.2 Å². The Morgan fingerprint density at radius 3 is 2.96 bits per heavy atom. The van der Waals surface area contributed by atoms with Crippen LogP contribution in [-0.2, 0) is 17.8 Å². The molecule has 27 heavy (non-hydrogen) atoms. The van der Waals surface area contributed by atoms with Crippen LogP contribution in [0.5, 0.6) is 11.5 Å². The van der Waals surface area contributed by atoms with Gasteiger partial charge in [-0.2, -0.15) is 16.8 Å². The van der Waals surface area contributed by atoms with Crippen LogP contribution in [0, 0.1) is 0 Å². The molecule has 0 spiro atoms. The molecule has 3 aromatic rings. The summed E-state index contributed by atoms with van der Waals surface area (Å²) in [6.07, 6.45) is 2.31. The number of fused-ring (bicyclic) bond motifs is 2. The first-order chi connectivity index (χ1) is 13.1. The summed E-state index contributed by atoms with van der Waals surface area (Å²) in [5.41, 5.74) is 1.97. The monoisotopic (exact) mass is 464 g/mol. The molecule has 0 unspecified atom stereocenters. The third-order valence-electron chi connectivity index (χ3n) is 4.18. The van der Waals surface area contributed by atoms with Crippen LogP contribution in [0.3, 0.4) is 0 Å². The lowest BCUT2D eigenvalue weighted by atomic mass is 10.1. The highest BCUT2D eigenvalue weighted by Crippen LogP contribution is 2.32. The first-order valence-electron chi connectivity index (χ1n) is 8.38. The number of rotatable bonds is 5. The van der Waals surface area contributed by atoms with Crippen molar-refractivity contribution < 1.29 is 14.3 Å². The van der Waals surface area contributed by atoms with Gasteiger partial charge in [0.15, 0.2) is 16.3 Å².